The van der Waals surface area contributed by atoms with E-state index in [1.54, 1.807) is 19.2 Å². The molecule has 1 aromatic heterocycles. The molecule has 28 heavy (non-hydrogen) atoms. The highest BCUT2D eigenvalue weighted by atomic mass is 35.5. The van der Waals surface area contributed by atoms with Gasteiger partial charge in [0.15, 0.2) is 0 Å². The topological polar surface area (TPSA) is 45.6 Å². The molecule has 0 radical (unpaired) electrons. The van der Waals surface area contributed by atoms with Gasteiger partial charge < -0.3 is 14.7 Å². The molecule has 1 N–H and O–H groups in total. The fraction of sp³-hybridized carbons (Fsp3) is 0.227. The van der Waals surface area contributed by atoms with Crippen LogP contribution in [0.15, 0.2) is 48.5 Å². The smallest absolute Gasteiger partial charge is 0.129 e. The van der Waals surface area contributed by atoms with Crippen molar-refractivity contribution >= 4 is 29.0 Å². The van der Waals surface area contributed by atoms with Gasteiger partial charge in [0, 0.05) is 40.3 Å². The molecule has 0 aliphatic carbocycles. The lowest BCUT2D eigenvalue weighted by atomic mass is 10.0. The van der Waals surface area contributed by atoms with E-state index in [1.807, 2.05) is 36.4 Å². The highest BCUT2D eigenvalue weighted by Crippen LogP contribution is 2.40. The number of ether oxygens (including phenoxy) is 1. The van der Waals surface area contributed by atoms with E-state index >= 15 is 0 Å². The molecule has 0 saturated carbocycles. The van der Waals surface area contributed by atoms with Crippen LogP contribution >= 0.6 is 23.2 Å². The minimum Gasteiger partial charge on any atom is -0.507 e. The summed E-state index contributed by atoms with van der Waals surface area (Å²) in [6, 6.07) is 14.6. The van der Waals surface area contributed by atoms with Gasteiger partial charge in [-0.3, -0.25) is 0 Å². The van der Waals surface area contributed by atoms with Crippen molar-refractivity contribution in [3.05, 3.63) is 58.6 Å². The number of rotatable bonds is 4. The highest BCUT2D eigenvalue weighted by molar-refractivity contribution is 6.39. The van der Waals surface area contributed by atoms with E-state index in [0.29, 0.717) is 27.1 Å². The number of anilines is 1. The summed E-state index contributed by atoms with van der Waals surface area (Å²) in [7, 11) is 1.57. The Morgan fingerprint density at radius 2 is 1.71 bits per heavy atom. The number of nitrogens with zero attached hydrogens (tertiary/aromatic N) is 2. The normalized spacial score (nSPS) is 13.8. The summed E-state index contributed by atoms with van der Waals surface area (Å²) in [6.07, 6.45) is 2.28. The molecule has 3 aromatic rings. The monoisotopic (exact) mass is 414 g/mol. The lowest BCUT2D eigenvalue weighted by molar-refractivity contribution is 0.408. The van der Waals surface area contributed by atoms with Gasteiger partial charge >= 0.3 is 0 Å². The number of aromatic hydroxyl groups is 1. The summed E-state index contributed by atoms with van der Waals surface area (Å²) in [5, 5.41) is 11.7. The van der Waals surface area contributed by atoms with Gasteiger partial charge in [-0.25, -0.2) is 4.98 Å². The quantitative estimate of drug-likeness (QED) is 0.565. The summed E-state index contributed by atoms with van der Waals surface area (Å²) in [4.78, 5) is 7.07. The number of hydrogen-bond acceptors (Lipinski definition) is 4. The van der Waals surface area contributed by atoms with Crippen LogP contribution in [0.25, 0.3) is 22.4 Å². The zero-order valence-corrected chi connectivity index (χ0v) is 17.0. The Hall–Kier alpha value is -2.43. The van der Waals surface area contributed by atoms with Crippen molar-refractivity contribution in [2.45, 2.75) is 12.8 Å². The number of hydrogen-bond donors (Lipinski definition) is 1. The maximum Gasteiger partial charge on any atom is 0.129 e. The second kappa shape index (κ2) is 7.90. The van der Waals surface area contributed by atoms with Gasteiger partial charge in [0.1, 0.15) is 17.3 Å². The van der Waals surface area contributed by atoms with Gasteiger partial charge in [-0.15, -0.1) is 0 Å². The third-order valence-electron chi connectivity index (χ3n) is 4.97. The molecule has 1 aliphatic heterocycles. The van der Waals surface area contributed by atoms with Gasteiger partial charge in [0.2, 0.25) is 0 Å². The largest absolute Gasteiger partial charge is 0.507 e. The van der Waals surface area contributed by atoms with E-state index in [2.05, 4.69) is 4.90 Å². The highest BCUT2D eigenvalue weighted by Gasteiger charge is 2.19. The first-order chi connectivity index (χ1) is 13.6. The summed E-state index contributed by atoms with van der Waals surface area (Å²) in [5.74, 6) is 1.56. The average molecular weight is 415 g/mol. The van der Waals surface area contributed by atoms with Crippen LogP contribution < -0.4 is 9.64 Å². The van der Waals surface area contributed by atoms with E-state index in [4.69, 9.17) is 32.9 Å². The molecule has 6 heteroatoms. The fourth-order valence-electron chi connectivity index (χ4n) is 3.54. The number of halogens is 2. The third kappa shape index (κ3) is 3.62. The van der Waals surface area contributed by atoms with Gasteiger partial charge in [-0.1, -0.05) is 29.3 Å². The molecular formula is C22H20Cl2N2O2. The molecule has 0 spiro atoms. The van der Waals surface area contributed by atoms with Crippen molar-refractivity contribution in [1.29, 1.82) is 0 Å². The van der Waals surface area contributed by atoms with Gasteiger partial charge in [0.05, 0.1) is 12.8 Å². The fourth-order valence-corrected chi connectivity index (χ4v) is 4.15. The van der Waals surface area contributed by atoms with Gasteiger partial charge in [0.25, 0.3) is 0 Å². The average Bonchev–Trinajstić information content (AvgIpc) is 3.22. The second-order valence-corrected chi connectivity index (χ2v) is 7.59. The summed E-state index contributed by atoms with van der Waals surface area (Å²) in [5.41, 5.74) is 2.93. The van der Waals surface area contributed by atoms with Crippen molar-refractivity contribution in [3.8, 4) is 33.9 Å². The second-order valence-electron chi connectivity index (χ2n) is 6.77. The van der Waals surface area contributed by atoms with Crippen LogP contribution in [-0.4, -0.2) is 30.3 Å². The molecule has 2 aromatic carbocycles. The molecule has 1 aliphatic rings. The number of pyridine rings is 1. The Kier molecular flexibility index (Phi) is 5.33. The van der Waals surface area contributed by atoms with Gasteiger partial charge in [-0.05, 0) is 54.8 Å². The summed E-state index contributed by atoms with van der Waals surface area (Å²) >= 11 is 12.9. The number of phenolic OH excluding ortho intramolecular Hbond substituents is 1. The predicted octanol–water partition coefficient (Wildman–Crippen LogP) is 6.04. The molecule has 4 nitrogen and oxygen atoms in total. The first-order valence-corrected chi connectivity index (χ1v) is 9.91. The third-order valence-corrected chi connectivity index (χ3v) is 5.60. The molecule has 1 fully saturated rings. The van der Waals surface area contributed by atoms with Crippen LogP contribution in [-0.2, 0) is 0 Å². The Morgan fingerprint density at radius 3 is 2.36 bits per heavy atom. The van der Waals surface area contributed by atoms with Crippen LogP contribution in [0.1, 0.15) is 12.8 Å². The molecule has 0 atom stereocenters. The predicted molar refractivity (Wildman–Crippen MR) is 115 cm³/mol. The maximum atomic E-state index is 10.5. The zero-order chi connectivity index (χ0) is 19.7. The molecule has 4 rings (SSSR count). The van der Waals surface area contributed by atoms with Crippen LogP contribution in [0.5, 0.6) is 11.5 Å². The van der Waals surface area contributed by atoms with Crippen molar-refractivity contribution < 1.29 is 9.84 Å². The van der Waals surface area contributed by atoms with E-state index in [-0.39, 0.29) is 5.75 Å². The van der Waals surface area contributed by atoms with E-state index in [0.717, 1.165) is 42.9 Å². The Morgan fingerprint density at radius 1 is 1.00 bits per heavy atom. The lowest BCUT2D eigenvalue weighted by Gasteiger charge is -2.20. The lowest BCUT2D eigenvalue weighted by Crippen LogP contribution is -2.19. The van der Waals surface area contributed by atoms with Crippen molar-refractivity contribution in [2.75, 3.05) is 25.1 Å². The minimum absolute atomic E-state index is 0.113. The molecular weight excluding hydrogens is 395 g/mol. The summed E-state index contributed by atoms with van der Waals surface area (Å²) < 4.78 is 5.19. The molecule has 1 saturated heterocycles. The maximum absolute atomic E-state index is 10.5. The van der Waals surface area contributed by atoms with Crippen LogP contribution in [0.2, 0.25) is 10.0 Å². The van der Waals surface area contributed by atoms with E-state index in [1.165, 1.54) is 0 Å². The minimum atomic E-state index is 0.113. The van der Waals surface area contributed by atoms with Crippen LogP contribution in [0.4, 0.5) is 5.82 Å². The van der Waals surface area contributed by atoms with Crippen LogP contribution in [0.3, 0.4) is 0 Å². The van der Waals surface area contributed by atoms with Gasteiger partial charge in [-0.2, -0.15) is 0 Å². The molecule has 144 valence electrons. The number of phenols is 1. The van der Waals surface area contributed by atoms with Crippen molar-refractivity contribution in [3.63, 3.8) is 0 Å². The Labute approximate surface area is 174 Å². The van der Waals surface area contributed by atoms with E-state index in [9.17, 15) is 5.11 Å². The first kappa shape index (κ1) is 18.9. The SMILES string of the molecule is COc1ccc(-c2cc(-c3c(Cl)cccc3Cl)cc(N3CCCC3)n2)c(O)c1. The number of methoxy groups -OCH3 is 1. The molecule has 0 bridgehead atoms. The molecule has 0 amide bonds. The van der Waals surface area contributed by atoms with E-state index < -0.39 is 0 Å². The van der Waals surface area contributed by atoms with Crippen LogP contribution in [0, 0.1) is 0 Å². The van der Waals surface area contributed by atoms with Crippen molar-refractivity contribution in [2.24, 2.45) is 0 Å². The van der Waals surface area contributed by atoms with Crippen molar-refractivity contribution in [1.82, 2.24) is 4.98 Å². The molecule has 2 heterocycles. The first-order valence-electron chi connectivity index (χ1n) is 9.15. The summed E-state index contributed by atoms with van der Waals surface area (Å²) in [6.45, 7) is 1.92. The Balaban J connectivity index is 1.90. The Bertz CT molecular complexity index is 997. The standard InChI is InChI=1S/C22H20Cl2N2O2/c1-28-15-7-8-16(20(27)13-15)19-11-14(22-17(23)5-4-6-18(22)24)12-21(25-19)26-9-2-3-10-26/h4-8,11-13,27H,2-3,9-10H2,1H3. The zero-order valence-electron chi connectivity index (χ0n) is 15.5. The molecule has 0 unspecified atom stereocenters. The number of aromatic nitrogens is 1. The number of benzene rings is 2.